The van der Waals surface area contributed by atoms with Crippen molar-refractivity contribution in [2.24, 2.45) is 0 Å². The summed E-state index contributed by atoms with van der Waals surface area (Å²) in [5.74, 6) is -1.91. The summed E-state index contributed by atoms with van der Waals surface area (Å²) < 4.78 is 5.11. The van der Waals surface area contributed by atoms with Crippen molar-refractivity contribution in [2.45, 2.75) is 23.6 Å². The van der Waals surface area contributed by atoms with Crippen LogP contribution in [0, 0.1) is 6.92 Å². The molecule has 1 aromatic heterocycles. The number of hydrogen-bond donors (Lipinski definition) is 1. The van der Waals surface area contributed by atoms with E-state index in [4.69, 9.17) is 16.3 Å². The maximum Gasteiger partial charge on any atom is 0.341 e. The van der Waals surface area contributed by atoms with E-state index in [0.29, 0.717) is 10.7 Å². The summed E-state index contributed by atoms with van der Waals surface area (Å²) in [4.78, 5) is 53.6. The molecular weight excluding hydrogens is 430 g/mol. The molecule has 0 bridgehead atoms. The van der Waals surface area contributed by atoms with Gasteiger partial charge in [0.2, 0.25) is 11.8 Å². The summed E-state index contributed by atoms with van der Waals surface area (Å²) in [5, 5.41) is 2.71. The summed E-state index contributed by atoms with van der Waals surface area (Å²) in [6.07, 6.45) is 1.51. The molecule has 8 nitrogen and oxygen atoms in total. The zero-order valence-electron chi connectivity index (χ0n) is 16.2. The minimum Gasteiger partial charge on any atom is -0.452 e. The molecule has 0 spiro atoms. The van der Waals surface area contributed by atoms with Crippen LogP contribution in [-0.2, 0) is 19.1 Å². The lowest BCUT2D eigenvalue weighted by molar-refractivity contribution is -0.136. The van der Waals surface area contributed by atoms with Crippen LogP contribution in [0.3, 0.4) is 0 Å². The highest BCUT2D eigenvalue weighted by Gasteiger charge is 2.37. The molecule has 30 heavy (non-hydrogen) atoms. The van der Waals surface area contributed by atoms with Crippen LogP contribution in [0.4, 0.5) is 5.69 Å². The average molecular weight is 448 g/mol. The Kier molecular flexibility index (Phi) is 6.73. The SMILES string of the molecule is Cc1ccc(Cl)cc1NC(=O)COC(=O)c1cccnc1SC1CC(=O)N(C)C1=O. The van der Waals surface area contributed by atoms with E-state index >= 15 is 0 Å². The molecule has 2 heterocycles. The number of hydrogen-bond acceptors (Lipinski definition) is 7. The number of nitrogens with one attached hydrogen (secondary N) is 1. The van der Waals surface area contributed by atoms with Crippen molar-refractivity contribution in [1.82, 2.24) is 9.88 Å². The molecular formula is C20H18ClN3O5S. The molecule has 1 atom stereocenters. The zero-order chi connectivity index (χ0) is 21.8. The fourth-order valence-corrected chi connectivity index (χ4v) is 4.04. The first-order valence-electron chi connectivity index (χ1n) is 8.91. The van der Waals surface area contributed by atoms with Crippen molar-refractivity contribution in [2.75, 3.05) is 19.0 Å². The number of imide groups is 1. The Hall–Kier alpha value is -2.91. The second kappa shape index (κ2) is 9.27. The minimum absolute atomic E-state index is 0.0342. The highest BCUT2D eigenvalue weighted by atomic mass is 35.5. The van der Waals surface area contributed by atoms with Crippen LogP contribution < -0.4 is 5.32 Å². The fraction of sp³-hybridized carbons (Fsp3) is 0.250. The molecule has 1 aliphatic rings. The molecule has 10 heteroatoms. The van der Waals surface area contributed by atoms with Crippen molar-refractivity contribution in [3.63, 3.8) is 0 Å². The van der Waals surface area contributed by atoms with Gasteiger partial charge in [-0.2, -0.15) is 0 Å². The van der Waals surface area contributed by atoms with E-state index in [1.807, 2.05) is 6.92 Å². The van der Waals surface area contributed by atoms with Crippen LogP contribution in [0.1, 0.15) is 22.3 Å². The van der Waals surface area contributed by atoms with E-state index in [0.717, 1.165) is 22.2 Å². The van der Waals surface area contributed by atoms with E-state index in [9.17, 15) is 19.2 Å². The third kappa shape index (κ3) is 4.98. The highest BCUT2D eigenvalue weighted by Crippen LogP contribution is 2.31. The van der Waals surface area contributed by atoms with Gasteiger partial charge in [-0.3, -0.25) is 19.3 Å². The van der Waals surface area contributed by atoms with Crippen LogP contribution in [0.25, 0.3) is 0 Å². The minimum atomic E-state index is -0.756. The van der Waals surface area contributed by atoms with E-state index < -0.39 is 23.7 Å². The molecule has 1 aliphatic heterocycles. The molecule has 3 amide bonds. The lowest BCUT2D eigenvalue weighted by atomic mass is 10.2. The van der Waals surface area contributed by atoms with Crippen molar-refractivity contribution in [1.29, 1.82) is 0 Å². The zero-order valence-corrected chi connectivity index (χ0v) is 17.7. The van der Waals surface area contributed by atoms with E-state index in [-0.39, 0.29) is 28.8 Å². The molecule has 1 N–H and O–H groups in total. The van der Waals surface area contributed by atoms with Gasteiger partial charge in [-0.1, -0.05) is 29.4 Å². The number of nitrogens with zero attached hydrogens (tertiary/aromatic N) is 2. The Morgan fingerprint density at radius 1 is 1.33 bits per heavy atom. The Labute approximate surface area is 181 Å². The Morgan fingerprint density at radius 3 is 2.80 bits per heavy atom. The number of aryl methyl sites for hydroxylation is 1. The summed E-state index contributed by atoms with van der Waals surface area (Å²) in [7, 11) is 1.42. The number of carbonyl (C=O) groups excluding carboxylic acids is 4. The normalized spacial score (nSPS) is 16.0. The third-order valence-electron chi connectivity index (χ3n) is 4.39. The maximum absolute atomic E-state index is 12.5. The van der Waals surface area contributed by atoms with Gasteiger partial charge < -0.3 is 10.1 Å². The molecule has 2 aromatic rings. The number of halogens is 1. The van der Waals surface area contributed by atoms with E-state index in [1.165, 1.54) is 19.3 Å². The number of amides is 3. The van der Waals surface area contributed by atoms with Gasteiger partial charge in [-0.05, 0) is 36.8 Å². The summed E-state index contributed by atoms with van der Waals surface area (Å²) >= 11 is 6.95. The predicted molar refractivity (Wildman–Crippen MR) is 111 cm³/mol. The number of thioether (sulfide) groups is 1. The molecule has 0 saturated carbocycles. The Balaban J connectivity index is 1.63. The molecule has 0 aliphatic carbocycles. The van der Waals surface area contributed by atoms with Crippen molar-refractivity contribution in [3.05, 3.63) is 52.7 Å². The molecule has 3 rings (SSSR count). The van der Waals surface area contributed by atoms with Gasteiger partial charge in [-0.15, -0.1) is 0 Å². The number of anilines is 1. The molecule has 0 radical (unpaired) electrons. The van der Waals surface area contributed by atoms with Crippen LogP contribution in [0.2, 0.25) is 5.02 Å². The molecule has 1 saturated heterocycles. The van der Waals surface area contributed by atoms with Crippen molar-refractivity contribution in [3.8, 4) is 0 Å². The second-order valence-corrected chi connectivity index (χ2v) is 8.17. The lowest BCUT2D eigenvalue weighted by Gasteiger charge is -2.12. The average Bonchev–Trinajstić information content (AvgIpc) is 2.96. The Bertz CT molecular complexity index is 1030. The van der Waals surface area contributed by atoms with E-state index in [1.54, 1.807) is 24.3 Å². The van der Waals surface area contributed by atoms with Gasteiger partial charge in [0.15, 0.2) is 6.61 Å². The number of carbonyl (C=O) groups is 4. The van der Waals surface area contributed by atoms with E-state index in [2.05, 4.69) is 10.3 Å². The number of pyridine rings is 1. The second-order valence-electron chi connectivity index (χ2n) is 6.54. The monoisotopic (exact) mass is 447 g/mol. The van der Waals surface area contributed by atoms with Crippen LogP contribution in [-0.4, -0.2) is 52.5 Å². The van der Waals surface area contributed by atoms with Crippen LogP contribution in [0.5, 0.6) is 0 Å². The number of ether oxygens (including phenoxy) is 1. The van der Waals surface area contributed by atoms with Gasteiger partial charge in [0.25, 0.3) is 5.91 Å². The van der Waals surface area contributed by atoms with Gasteiger partial charge in [-0.25, -0.2) is 9.78 Å². The number of benzene rings is 1. The maximum atomic E-state index is 12.5. The van der Waals surface area contributed by atoms with Crippen molar-refractivity contribution >= 4 is 52.7 Å². The van der Waals surface area contributed by atoms with Gasteiger partial charge in [0.05, 0.1) is 10.8 Å². The summed E-state index contributed by atoms with van der Waals surface area (Å²) in [6, 6.07) is 8.10. The summed E-state index contributed by atoms with van der Waals surface area (Å²) in [6.45, 7) is 1.30. The highest BCUT2D eigenvalue weighted by molar-refractivity contribution is 8.00. The number of rotatable bonds is 6. The lowest BCUT2D eigenvalue weighted by Crippen LogP contribution is -2.26. The van der Waals surface area contributed by atoms with Crippen LogP contribution in [0.15, 0.2) is 41.6 Å². The number of likely N-dealkylation sites (tertiary alicyclic amines) is 1. The smallest absolute Gasteiger partial charge is 0.341 e. The standard InChI is InChI=1S/C20H18ClN3O5S/c1-11-5-6-12(21)8-14(11)23-16(25)10-29-20(28)13-4-3-7-22-18(13)30-15-9-17(26)24(2)19(15)27/h3-8,15H,9-10H2,1-2H3,(H,23,25). The molecule has 156 valence electrons. The predicted octanol–water partition coefficient (Wildman–Crippen LogP) is 2.69. The first-order valence-corrected chi connectivity index (χ1v) is 10.2. The number of esters is 1. The first-order chi connectivity index (χ1) is 14.3. The number of aromatic nitrogens is 1. The molecule has 1 fully saturated rings. The first kappa shape index (κ1) is 21.8. The van der Waals surface area contributed by atoms with Crippen molar-refractivity contribution < 1.29 is 23.9 Å². The third-order valence-corrected chi connectivity index (χ3v) is 5.83. The van der Waals surface area contributed by atoms with Gasteiger partial charge in [0.1, 0.15) is 5.03 Å². The fourth-order valence-electron chi connectivity index (χ4n) is 2.71. The molecule has 1 aromatic carbocycles. The quantitative estimate of drug-likeness (QED) is 0.536. The molecule has 1 unspecified atom stereocenters. The summed E-state index contributed by atoms with van der Waals surface area (Å²) in [5.41, 5.74) is 1.45. The van der Waals surface area contributed by atoms with Gasteiger partial charge >= 0.3 is 5.97 Å². The Morgan fingerprint density at radius 2 is 2.10 bits per heavy atom. The topological polar surface area (TPSA) is 106 Å². The van der Waals surface area contributed by atoms with Crippen LogP contribution >= 0.6 is 23.4 Å². The van der Waals surface area contributed by atoms with Gasteiger partial charge in [0, 0.05) is 30.4 Å². The largest absolute Gasteiger partial charge is 0.452 e.